The third-order valence-electron chi connectivity index (χ3n) is 7.40. The van der Waals surface area contributed by atoms with Gasteiger partial charge in [0.05, 0.1) is 34.2 Å². The number of hydrogen-bond acceptors (Lipinski definition) is 8. The molecule has 228 valence electrons. The number of nitrogens with zero attached hydrogens (tertiary/aromatic N) is 5. The summed E-state index contributed by atoms with van der Waals surface area (Å²) in [4.78, 5) is 34.1. The van der Waals surface area contributed by atoms with E-state index in [4.69, 9.17) is 4.98 Å². The van der Waals surface area contributed by atoms with Gasteiger partial charge in [-0.1, -0.05) is 18.2 Å². The van der Waals surface area contributed by atoms with Gasteiger partial charge in [0.1, 0.15) is 26.9 Å². The Balaban J connectivity index is 1.22. The lowest BCUT2D eigenvalue weighted by Gasteiger charge is -2.07. The molecule has 0 atom stereocenters. The van der Waals surface area contributed by atoms with Crippen molar-refractivity contribution in [2.75, 3.05) is 17.3 Å². The lowest BCUT2D eigenvalue weighted by molar-refractivity contribution is 0.102. The highest BCUT2D eigenvalue weighted by molar-refractivity contribution is 7.90. The summed E-state index contributed by atoms with van der Waals surface area (Å²) in [7, 11) is -3.22. The van der Waals surface area contributed by atoms with Crippen LogP contribution in [-0.2, 0) is 16.3 Å². The molecule has 0 fully saturated rings. The number of fused-ring (bicyclic) bond motifs is 2. The Morgan fingerprint density at radius 2 is 1.74 bits per heavy atom. The fraction of sp³-hybridized carbons (Fsp3) is 0.0909. The average molecular weight is 633 g/mol. The first kappa shape index (κ1) is 28.9. The van der Waals surface area contributed by atoms with Gasteiger partial charge in [-0.25, -0.2) is 22.8 Å². The van der Waals surface area contributed by atoms with Crippen LogP contribution in [0.25, 0.3) is 56.0 Å². The molecule has 0 bridgehead atoms. The fourth-order valence-corrected chi connectivity index (χ4v) is 5.80. The van der Waals surface area contributed by atoms with E-state index >= 15 is 0 Å². The highest BCUT2D eigenvalue weighted by Crippen LogP contribution is 2.32. The molecule has 2 aromatic carbocycles. The molecule has 0 saturated carbocycles. The van der Waals surface area contributed by atoms with E-state index in [1.165, 1.54) is 12.1 Å². The van der Waals surface area contributed by atoms with Crippen molar-refractivity contribution in [1.29, 1.82) is 0 Å². The Bertz CT molecular complexity index is 2370. The van der Waals surface area contributed by atoms with Crippen LogP contribution >= 0.6 is 0 Å². The lowest BCUT2D eigenvalue weighted by atomic mass is 10.0. The first-order valence-corrected chi connectivity index (χ1v) is 16.2. The second-order valence-electron chi connectivity index (χ2n) is 10.8. The molecular weight excluding hydrogens is 607 g/mol. The second-order valence-corrected chi connectivity index (χ2v) is 13.1. The Hall–Kier alpha value is -5.82. The molecule has 3 N–H and O–H groups in total. The van der Waals surface area contributed by atoms with E-state index in [2.05, 4.69) is 35.5 Å². The lowest BCUT2D eigenvalue weighted by Crippen LogP contribution is -2.11. The van der Waals surface area contributed by atoms with Crippen molar-refractivity contribution in [3.05, 3.63) is 108 Å². The van der Waals surface area contributed by atoms with Gasteiger partial charge in [-0.2, -0.15) is 5.10 Å². The highest BCUT2D eigenvalue weighted by Gasteiger charge is 2.18. The molecule has 1 amide bonds. The van der Waals surface area contributed by atoms with Gasteiger partial charge in [0.2, 0.25) is 0 Å². The highest BCUT2D eigenvalue weighted by atomic mass is 32.2. The minimum atomic E-state index is -3.22. The summed E-state index contributed by atoms with van der Waals surface area (Å²) in [6.07, 6.45) is 7.88. The molecule has 0 radical (unpaired) electrons. The summed E-state index contributed by atoms with van der Waals surface area (Å²) >= 11 is 0. The Morgan fingerprint density at radius 3 is 2.57 bits per heavy atom. The van der Waals surface area contributed by atoms with Crippen LogP contribution in [0.3, 0.4) is 0 Å². The number of nitrogens with one attached hydrogen (secondary N) is 3. The van der Waals surface area contributed by atoms with E-state index in [1.807, 2.05) is 18.2 Å². The van der Waals surface area contributed by atoms with Gasteiger partial charge < -0.3 is 10.3 Å². The zero-order valence-corrected chi connectivity index (χ0v) is 25.1. The number of sulfone groups is 1. The summed E-state index contributed by atoms with van der Waals surface area (Å²) in [5.74, 6) is -0.381. The first-order chi connectivity index (χ1) is 22.2. The summed E-state index contributed by atoms with van der Waals surface area (Å²) in [5.41, 5.74) is 6.25. The van der Waals surface area contributed by atoms with Crippen LogP contribution < -0.4 is 5.32 Å². The monoisotopic (exact) mass is 632 g/mol. The predicted molar refractivity (Wildman–Crippen MR) is 173 cm³/mol. The number of carbonyl (C=O) groups excluding carboxylic acids is 1. The topological polar surface area (TPSA) is 159 Å². The van der Waals surface area contributed by atoms with Crippen molar-refractivity contribution >= 4 is 43.5 Å². The Morgan fingerprint density at radius 1 is 0.913 bits per heavy atom. The van der Waals surface area contributed by atoms with Crippen LogP contribution in [0.5, 0.6) is 0 Å². The molecule has 11 nitrogen and oxygen atoms in total. The van der Waals surface area contributed by atoms with Crippen LogP contribution in [0.4, 0.5) is 10.1 Å². The minimum absolute atomic E-state index is 0.0922. The summed E-state index contributed by atoms with van der Waals surface area (Å²) in [6, 6.07) is 18.8. The van der Waals surface area contributed by atoms with Crippen LogP contribution in [0.15, 0.2) is 91.5 Å². The van der Waals surface area contributed by atoms with Crippen LogP contribution in [0, 0.1) is 5.82 Å². The number of halogens is 1. The number of pyridine rings is 3. The predicted octanol–water partition coefficient (Wildman–Crippen LogP) is 5.60. The normalized spacial score (nSPS) is 11.7. The largest absolute Gasteiger partial charge is 0.336 e. The minimum Gasteiger partial charge on any atom is -0.336 e. The number of aryl methyl sites for hydroxylation is 1. The molecule has 0 saturated heterocycles. The zero-order chi connectivity index (χ0) is 31.8. The molecule has 5 aromatic heterocycles. The number of aromatic nitrogens is 7. The number of aromatic amines is 2. The number of carbonyl (C=O) groups is 1. The number of imidazole rings is 1. The number of anilines is 1. The Labute approximate surface area is 261 Å². The van der Waals surface area contributed by atoms with Gasteiger partial charge in [0, 0.05) is 47.1 Å². The van der Waals surface area contributed by atoms with E-state index in [1.54, 1.807) is 61.2 Å². The van der Waals surface area contributed by atoms with Crippen molar-refractivity contribution in [3.63, 3.8) is 0 Å². The molecule has 0 aliphatic carbocycles. The molecule has 13 heteroatoms. The van der Waals surface area contributed by atoms with Crippen LogP contribution in [-0.4, -0.2) is 61.5 Å². The smallest absolute Gasteiger partial charge is 0.255 e. The van der Waals surface area contributed by atoms with Gasteiger partial charge in [-0.05, 0) is 60.5 Å². The van der Waals surface area contributed by atoms with Gasteiger partial charge in [0.25, 0.3) is 5.91 Å². The average Bonchev–Trinajstić information content (AvgIpc) is 3.68. The summed E-state index contributed by atoms with van der Waals surface area (Å²) in [6.45, 7) is 0. The molecule has 46 heavy (non-hydrogen) atoms. The van der Waals surface area contributed by atoms with Gasteiger partial charge in [-0.15, -0.1) is 0 Å². The molecule has 0 aliphatic rings. The Kier molecular flexibility index (Phi) is 7.29. The molecule has 0 aliphatic heterocycles. The zero-order valence-electron chi connectivity index (χ0n) is 24.3. The summed E-state index contributed by atoms with van der Waals surface area (Å²) in [5, 5.41) is 11.0. The number of H-pyrrole nitrogens is 2. The number of amides is 1. The van der Waals surface area contributed by atoms with Gasteiger partial charge in [0.15, 0.2) is 11.5 Å². The SMILES string of the molecule is CS(=O)(=O)CCc1cc(F)cc(-c2nccc3[nH]c(-c4n[nH]c5ncc(-c6cncc(NC(=O)c7ccccc7)c6)cc45)nc23)c1. The van der Waals surface area contributed by atoms with E-state index < -0.39 is 15.7 Å². The molecular formula is C33H25FN8O3S. The van der Waals surface area contributed by atoms with E-state index in [-0.39, 0.29) is 18.1 Å². The number of benzene rings is 2. The molecule has 7 rings (SSSR count). The third-order valence-corrected chi connectivity index (χ3v) is 8.35. The first-order valence-electron chi connectivity index (χ1n) is 14.2. The number of rotatable bonds is 8. The van der Waals surface area contributed by atoms with Crippen molar-refractivity contribution in [1.82, 2.24) is 35.1 Å². The van der Waals surface area contributed by atoms with Crippen LogP contribution in [0.2, 0.25) is 0 Å². The number of hydrogen-bond donors (Lipinski definition) is 3. The van der Waals surface area contributed by atoms with Gasteiger partial charge in [-0.3, -0.25) is 19.9 Å². The second kappa shape index (κ2) is 11.6. The van der Waals surface area contributed by atoms with Crippen molar-refractivity contribution in [3.8, 4) is 33.9 Å². The van der Waals surface area contributed by atoms with E-state index in [0.29, 0.717) is 61.7 Å². The molecule has 5 heterocycles. The van der Waals surface area contributed by atoms with E-state index in [0.717, 1.165) is 17.4 Å². The van der Waals surface area contributed by atoms with Crippen molar-refractivity contribution in [2.45, 2.75) is 6.42 Å². The van der Waals surface area contributed by atoms with Crippen molar-refractivity contribution in [2.24, 2.45) is 0 Å². The molecule has 7 aromatic rings. The third kappa shape index (κ3) is 5.95. The molecule has 0 spiro atoms. The standard InChI is InChI=1S/C33H25FN8O3S/c1-46(44,45)10-8-19-11-21(13-24(34)12-19)28-30-27(7-9-36-28)39-32(40-30)29-26-15-23(17-37-31(26)42-41-29)22-14-25(18-35-16-22)38-33(43)20-5-3-2-4-6-20/h2-7,9,11-18H,8,10H2,1H3,(H,38,43)(H,39,40)(H,37,41,42). The summed E-state index contributed by atoms with van der Waals surface area (Å²) < 4.78 is 38.0. The quantitative estimate of drug-likeness (QED) is 0.195. The maximum atomic E-state index is 14.6. The fourth-order valence-electron chi connectivity index (χ4n) is 5.19. The maximum absolute atomic E-state index is 14.6. The van der Waals surface area contributed by atoms with E-state index in [9.17, 15) is 17.6 Å². The molecule has 0 unspecified atom stereocenters. The van der Waals surface area contributed by atoms with Gasteiger partial charge >= 0.3 is 0 Å². The van der Waals surface area contributed by atoms with Crippen molar-refractivity contribution < 1.29 is 17.6 Å². The maximum Gasteiger partial charge on any atom is 0.255 e. The van der Waals surface area contributed by atoms with Crippen LogP contribution in [0.1, 0.15) is 15.9 Å².